The fourth-order valence-corrected chi connectivity index (χ4v) is 1.55. The first kappa shape index (κ1) is 12.9. The first-order valence-corrected chi connectivity index (χ1v) is 5.33. The zero-order valence-electron chi connectivity index (χ0n) is 9.62. The predicted octanol–water partition coefficient (Wildman–Crippen LogP) is 2.98. The number of halogens is 3. The number of nitrogens with one attached hydrogen (secondary N) is 1. The van der Waals surface area contributed by atoms with Crippen molar-refractivity contribution in [2.24, 2.45) is 0 Å². The van der Waals surface area contributed by atoms with Crippen LogP contribution in [0.2, 0.25) is 0 Å². The van der Waals surface area contributed by atoms with E-state index in [0.29, 0.717) is 17.7 Å². The van der Waals surface area contributed by atoms with E-state index in [0.717, 1.165) is 0 Å². The summed E-state index contributed by atoms with van der Waals surface area (Å²) in [5.74, 6) is -2.99. The van der Waals surface area contributed by atoms with Gasteiger partial charge in [0.25, 0.3) is 0 Å². The van der Waals surface area contributed by atoms with Crippen molar-refractivity contribution in [1.29, 1.82) is 5.26 Å². The van der Waals surface area contributed by atoms with Gasteiger partial charge < -0.3 is 5.32 Å². The number of aromatic nitrogens is 1. The minimum absolute atomic E-state index is 0.0939. The summed E-state index contributed by atoms with van der Waals surface area (Å²) in [6.07, 6.45) is 1.42. The summed E-state index contributed by atoms with van der Waals surface area (Å²) in [5.41, 5.74) is 0.436. The summed E-state index contributed by atoms with van der Waals surface area (Å²) in [6.45, 7) is 0.0939. The fraction of sp³-hybridized carbons (Fsp3) is 0.0769. The molecule has 0 fully saturated rings. The zero-order chi connectivity index (χ0) is 13.8. The summed E-state index contributed by atoms with van der Waals surface area (Å²) >= 11 is 0. The molecule has 2 rings (SSSR count). The number of hydrogen-bond acceptors (Lipinski definition) is 3. The van der Waals surface area contributed by atoms with E-state index in [1.165, 1.54) is 12.3 Å². The van der Waals surface area contributed by atoms with Crippen molar-refractivity contribution in [2.45, 2.75) is 6.54 Å². The molecule has 6 heteroatoms. The van der Waals surface area contributed by atoms with Crippen LogP contribution in [0.15, 0.2) is 30.5 Å². The van der Waals surface area contributed by atoms with Gasteiger partial charge in [-0.3, -0.25) is 0 Å². The third-order valence-electron chi connectivity index (χ3n) is 2.42. The van der Waals surface area contributed by atoms with Crippen molar-refractivity contribution in [3.8, 4) is 6.07 Å². The van der Waals surface area contributed by atoms with Crippen LogP contribution in [0, 0.1) is 28.8 Å². The van der Waals surface area contributed by atoms with Gasteiger partial charge in [-0.15, -0.1) is 0 Å². The number of benzene rings is 1. The highest BCUT2D eigenvalue weighted by atomic mass is 19.1. The molecule has 0 radical (unpaired) electrons. The van der Waals surface area contributed by atoms with E-state index in [2.05, 4.69) is 10.3 Å². The lowest BCUT2D eigenvalue weighted by Gasteiger charge is -2.09. The van der Waals surface area contributed by atoms with Gasteiger partial charge in [-0.25, -0.2) is 18.2 Å². The molecule has 0 unspecified atom stereocenters. The van der Waals surface area contributed by atoms with E-state index in [4.69, 9.17) is 5.26 Å². The summed E-state index contributed by atoms with van der Waals surface area (Å²) in [6, 6.07) is 6.15. The van der Waals surface area contributed by atoms with Gasteiger partial charge in [-0.2, -0.15) is 5.26 Å². The third kappa shape index (κ3) is 3.01. The predicted molar refractivity (Wildman–Crippen MR) is 62.6 cm³/mol. The van der Waals surface area contributed by atoms with Crippen LogP contribution < -0.4 is 5.32 Å². The average molecular weight is 263 g/mol. The second kappa shape index (κ2) is 5.40. The third-order valence-corrected chi connectivity index (χ3v) is 2.42. The number of rotatable bonds is 3. The van der Waals surface area contributed by atoms with Crippen LogP contribution in [0.1, 0.15) is 11.3 Å². The Morgan fingerprint density at radius 3 is 2.47 bits per heavy atom. The SMILES string of the molecule is N#Cc1cc(CNc2c(F)cc(F)cc2F)ccn1. The van der Waals surface area contributed by atoms with Crippen LogP contribution in [0.25, 0.3) is 0 Å². The lowest BCUT2D eigenvalue weighted by atomic mass is 10.2. The van der Waals surface area contributed by atoms with E-state index < -0.39 is 23.1 Å². The second-order valence-corrected chi connectivity index (χ2v) is 3.76. The van der Waals surface area contributed by atoms with Gasteiger partial charge in [-0.1, -0.05) is 0 Å². The molecule has 0 aliphatic heterocycles. The maximum atomic E-state index is 13.4. The average Bonchev–Trinajstić information content (AvgIpc) is 2.37. The molecule has 2 aromatic rings. The molecule has 0 saturated heterocycles. The van der Waals surface area contributed by atoms with Gasteiger partial charge in [0.1, 0.15) is 23.3 Å². The molecule has 0 amide bonds. The molecule has 19 heavy (non-hydrogen) atoms. The number of pyridine rings is 1. The van der Waals surface area contributed by atoms with E-state index in [9.17, 15) is 13.2 Å². The number of anilines is 1. The first-order valence-electron chi connectivity index (χ1n) is 5.33. The quantitative estimate of drug-likeness (QED) is 0.926. The Bertz CT molecular complexity index is 627. The Hall–Kier alpha value is -2.55. The second-order valence-electron chi connectivity index (χ2n) is 3.76. The van der Waals surface area contributed by atoms with Crippen molar-refractivity contribution in [1.82, 2.24) is 4.98 Å². The summed E-state index contributed by atoms with van der Waals surface area (Å²) in [4.78, 5) is 3.77. The van der Waals surface area contributed by atoms with Crippen LogP contribution in [-0.2, 0) is 6.54 Å². The Balaban J connectivity index is 2.17. The molecule has 1 N–H and O–H groups in total. The molecule has 0 atom stereocenters. The van der Waals surface area contributed by atoms with E-state index in [1.54, 1.807) is 6.07 Å². The smallest absolute Gasteiger partial charge is 0.152 e. The lowest BCUT2D eigenvalue weighted by Crippen LogP contribution is -2.05. The summed E-state index contributed by atoms with van der Waals surface area (Å²) in [7, 11) is 0. The molecule has 0 aliphatic rings. The Labute approximate surface area is 107 Å². The first-order chi connectivity index (χ1) is 9.10. The maximum Gasteiger partial charge on any atom is 0.152 e. The van der Waals surface area contributed by atoms with Crippen LogP contribution in [-0.4, -0.2) is 4.98 Å². The van der Waals surface area contributed by atoms with Crippen molar-refractivity contribution >= 4 is 5.69 Å². The highest BCUT2D eigenvalue weighted by Gasteiger charge is 2.11. The largest absolute Gasteiger partial charge is 0.376 e. The van der Waals surface area contributed by atoms with Crippen LogP contribution in [0.5, 0.6) is 0 Å². The van der Waals surface area contributed by atoms with Crippen molar-refractivity contribution in [3.05, 3.63) is 59.2 Å². The van der Waals surface area contributed by atoms with Crippen LogP contribution in [0.4, 0.5) is 18.9 Å². The number of nitrogens with zero attached hydrogens (tertiary/aromatic N) is 2. The highest BCUT2D eigenvalue weighted by molar-refractivity contribution is 5.47. The molecule has 1 aromatic heterocycles. The molecular formula is C13H8F3N3. The zero-order valence-corrected chi connectivity index (χ0v) is 9.62. The Morgan fingerprint density at radius 2 is 1.84 bits per heavy atom. The molecule has 1 heterocycles. The monoisotopic (exact) mass is 263 g/mol. The normalized spacial score (nSPS) is 10.0. The number of nitriles is 1. The van der Waals surface area contributed by atoms with Crippen LogP contribution >= 0.6 is 0 Å². The van der Waals surface area contributed by atoms with Gasteiger partial charge in [-0.05, 0) is 17.7 Å². The van der Waals surface area contributed by atoms with Gasteiger partial charge in [0.15, 0.2) is 11.6 Å². The molecule has 0 saturated carbocycles. The van der Waals surface area contributed by atoms with Gasteiger partial charge in [0, 0.05) is 24.9 Å². The van der Waals surface area contributed by atoms with Crippen molar-refractivity contribution in [3.63, 3.8) is 0 Å². The fourth-order valence-electron chi connectivity index (χ4n) is 1.55. The highest BCUT2D eigenvalue weighted by Crippen LogP contribution is 2.20. The standard InChI is InChI=1S/C13H8F3N3/c14-9-4-11(15)13(12(16)5-9)19-7-8-1-2-18-10(3-8)6-17/h1-5,19H,7H2. The summed E-state index contributed by atoms with van der Waals surface area (Å²) in [5, 5.41) is 11.2. The lowest BCUT2D eigenvalue weighted by molar-refractivity contribution is 0.547. The van der Waals surface area contributed by atoms with E-state index in [-0.39, 0.29) is 12.2 Å². The molecule has 96 valence electrons. The maximum absolute atomic E-state index is 13.4. The Kier molecular flexibility index (Phi) is 3.66. The molecular weight excluding hydrogens is 255 g/mol. The minimum atomic E-state index is -1.01. The van der Waals surface area contributed by atoms with E-state index in [1.807, 2.05) is 6.07 Å². The summed E-state index contributed by atoms with van der Waals surface area (Å²) < 4.78 is 39.4. The number of hydrogen-bond donors (Lipinski definition) is 1. The molecule has 3 nitrogen and oxygen atoms in total. The molecule has 0 bridgehead atoms. The molecule has 0 spiro atoms. The minimum Gasteiger partial charge on any atom is -0.376 e. The topological polar surface area (TPSA) is 48.7 Å². The van der Waals surface area contributed by atoms with Crippen molar-refractivity contribution < 1.29 is 13.2 Å². The van der Waals surface area contributed by atoms with E-state index >= 15 is 0 Å². The van der Waals surface area contributed by atoms with Gasteiger partial charge in [0.05, 0.1) is 0 Å². The van der Waals surface area contributed by atoms with Crippen LogP contribution in [0.3, 0.4) is 0 Å². The molecule has 0 aliphatic carbocycles. The Morgan fingerprint density at radius 1 is 1.16 bits per heavy atom. The van der Waals surface area contributed by atoms with Crippen molar-refractivity contribution in [2.75, 3.05) is 5.32 Å². The van der Waals surface area contributed by atoms with Gasteiger partial charge >= 0.3 is 0 Å². The van der Waals surface area contributed by atoms with Gasteiger partial charge in [0.2, 0.25) is 0 Å². The molecule has 1 aromatic carbocycles.